The van der Waals surface area contributed by atoms with Gasteiger partial charge in [0.15, 0.2) is 0 Å². The van der Waals surface area contributed by atoms with Crippen LogP contribution in [-0.2, 0) is 6.42 Å². The lowest BCUT2D eigenvalue weighted by molar-refractivity contribution is 0.466. The third kappa shape index (κ3) is 3.67. The molecule has 0 saturated heterocycles. The van der Waals surface area contributed by atoms with Crippen molar-refractivity contribution in [2.24, 2.45) is 0 Å². The standard InChI is InChI=1S/C16H21F2N3/c1-4-11(2)21-8-7-13(20-21)10-16(19-3)14-6-5-12(17)9-15(14)18/h5-9,11,16,19H,4,10H2,1-3H3. The molecule has 1 heterocycles. The van der Waals surface area contributed by atoms with Crippen LogP contribution in [0.1, 0.15) is 43.6 Å². The molecule has 2 rings (SSSR count). The van der Waals surface area contributed by atoms with Crippen molar-refractivity contribution in [2.45, 2.75) is 38.8 Å². The minimum Gasteiger partial charge on any atom is -0.313 e. The summed E-state index contributed by atoms with van der Waals surface area (Å²) in [6.45, 7) is 4.21. The first-order valence-electron chi connectivity index (χ1n) is 7.21. The molecule has 1 aromatic heterocycles. The number of hydrogen-bond acceptors (Lipinski definition) is 2. The van der Waals surface area contributed by atoms with Crippen LogP contribution in [0.5, 0.6) is 0 Å². The summed E-state index contributed by atoms with van der Waals surface area (Å²) < 4.78 is 28.8. The Balaban J connectivity index is 2.17. The van der Waals surface area contributed by atoms with E-state index in [1.54, 1.807) is 7.05 Å². The minimum atomic E-state index is -0.563. The highest BCUT2D eigenvalue weighted by Crippen LogP contribution is 2.21. The summed E-state index contributed by atoms with van der Waals surface area (Å²) in [7, 11) is 1.76. The Hall–Kier alpha value is -1.75. The number of nitrogens with one attached hydrogen (secondary N) is 1. The van der Waals surface area contributed by atoms with Crippen molar-refractivity contribution in [3.8, 4) is 0 Å². The Labute approximate surface area is 124 Å². The molecule has 2 aromatic rings. The molecule has 1 N–H and O–H groups in total. The van der Waals surface area contributed by atoms with Crippen molar-refractivity contribution >= 4 is 0 Å². The van der Waals surface area contributed by atoms with Gasteiger partial charge in [0.05, 0.1) is 5.69 Å². The van der Waals surface area contributed by atoms with Crippen LogP contribution in [0.25, 0.3) is 0 Å². The van der Waals surface area contributed by atoms with Crippen LogP contribution in [0.4, 0.5) is 8.78 Å². The van der Waals surface area contributed by atoms with Crippen molar-refractivity contribution < 1.29 is 8.78 Å². The molecular weight excluding hydrogens is 272 g/mol. The molecule has 114 valence electrons. The van der Waals surface area contributed by atoms with Crippen LogP contribution in [0.15, 0.2) is 30.5 Å². The first kappa shape index (κ1) is 15.6. The molecule has 0 aliphatic carbocycles. The number of nitrogens with zero attached hydrogens (tertiary/aromatic N) is 2. The molecule has 0 amide bonds. The van der Waals surface area contributed by atoms with E-state index >= 15 is 0 Å². The molecule has 2 atom stereocenters. The van der Waals surface area contributed by atoms with E-state index in [4.69, 9.17) is 0 Å². The summed E-state index contributed by atoms with van der Waals surface area (Å²) in [5, 5.41) is 7.59. The van der Waals surface area contributed by atoms with Gasteiger partial charge in [-0.05, 0) is 32.5 Å². The average molecular weight is 293 g/mol. The van der Waals surface area contributed by atoms with Gasteiger partial charge in [0.25, 0.3) is 0 Å². The normalized spacial score (nSPS) is 14.1. The lowest BCUT2D eigenvalue weighted by Crippen LogP contribution is -2.20. The maximum atomic E-state index is 13.9. The number of rotatable bonds is 6. The van der Waals surface area contributed by atoms with Crippen molar-refractivity contribution in [1.82, 2.24) is 15.1 Å². The van der Waals surface area contributed by atoms with Gasteiger partial charge in [-0.1, -0.05) is 13.0 Å². The Morgan fingerprint density at radius 1 is 1.29 bits per heavy atom. The Bertz CT molecular complexity index is 595. The minimum absolute atomic E-state index is 0.231. The van der Waals surface area contributed by atoms with Gasteiger partial charge in [-0.15, -0.1) is 0 Å². The third-order valence-electron chi connectivity index (χ3n) is 3.81. The van der Waals surface area contributed by atoms with Gasteiger partial charge in [-0.3, -0.25) is 4.68 Å². The molecule has 0 radical (unpaired) electrons. The highest BCUT2D eigenvalue weighted by Gasteiger charge is 2.17. The predicted octanol–water partition coefficient (Wildman–Crippen LogP) is 3.64. The van der Waals surface area contributed by atoms with E-state index in [9.17, 15) is 8.78 Å². The van der Waals surface area contributed by atoms with E-state index < -0.39 is 11.6 Å². The van der Waals surface area contributed by atoms with Gasteiger partial charge in [0.1, 0.15) is 11.6 Å². The summed E-state index contributed by atoms with van der Waals surface area (Å²) in [5.41, 5.74) is 1.34. The van der Waals surface area contributed by atoms with Gasteiger partial charge in [-0.25, -0.2) is 8.78 Å². The Morgan fingerprint density at radius 3 is 2.67 bits per heavy atom. The van der Waals surface area contributed by atoms with E-state index in [2.05, 4.69) is 24.3 Å². The maximum absolute atomic E-state index is 13.9. The van der Waals surface area contributed by atoms with Crippen LogP contribution in [-0.4, -0.2) is 16.8 Å². The predicted molar refractivity (Wildman–Crippen MR) is 79.1 cm³/mol. The van der Waals surface area contributed by atoms with Crippen LogP contribution in [0.3, 0.4) is 0 Å². The van der Waals surface area contributed by atoms with Crippen LogP contribution in [0, 0.1) is 11.6 Å². The fraction of sp³-hybridized carbons (Fsp3) is 0.438. The molecule has 21 heavy (non-hydrogen) atoms. The lowest BCUT2D eigenvalue weighted by Gasteiger charge is -2.16. The third-order valence-corrected chi connectivity index (χ3v) is 3.81. The fourth-order valence-corrected chi connectivity index (χ4v) is 2.28. The first-order valence-corrected chi connectivity index (χ1v) is 7.21. The van der Waals surface area contributed by atoms with Gasteiger partial charge in [-0.2, -0.15) is 5.10 Å². The SMILES string of the molecule is CCC(C)n1ccc(CC(NC)c2ccc(F)cc2F)n1. The molecule has 5 heteroatoms. The summed E-state index contributed by atoms with van der Waals surface area (Å²) in [5.74, 6) is -1.09. The van der Waals surface area contributed by atoms with Crippen molar-refractivity contribution in [3.05, 3.63) is 53.4 Å². The van der Waals surface area contributed by atoms with E-state index in [-0.39, 0.29) is 6.04 Å². The molecule has 0 bridgehead atoms. The summed E-state index contributed by atoms with van der Waals surface area (Å²) >= 11 is 0. The molecule has 0 aliphatic rings. The Kier molecular flexibility index (Phi) is 5.07. The quantitative estimate of drug-likeness (QED) is 0.881. The van der Waals surface area contributed by atoms with Crippen molar-refractivity contribution in [2.75, 3.05) is 7.05 Å². The second kappa shape index (κ2) is 6.80. The number of likely N-dealkylation sites (N-methyl/N-ethyl adjacent to an activating group) is 1. The molecular formula is C16H21F2N3. The van der Waals surface area contributed by atoms with Crippen LogP contribution >= 0.6 is 0 Å². The van der Waals surface area contributed by atoms with Gasteiger partial charge in [0, 0.05) is 36.3 Å². The van der Waals surface area contributed by atoms with Gasteiger partial charge >= 0.3 is 0 Å². The zero-order valence-corrected chi connectivity index (χ0v) is 12.6. The highest BCUT2D eigenvalue weighted by molar-refractivity contribution is 5.23. The molecule has 2 unspecified atom stereocenters. The molecule has 1 aromatic carbocycles. The lowest BCUT2D eigenvalue weighted by atomic mass is 10.0. The zero-order chi connectivity index (χ0) is 15.4. The largest absolute Gasteiger partial charge is 0.313 e. The van der Waals surface area contributed by atoms with E-state index in [0.717, 1.165) is 18.2 Å². The number of aromatic nitrogens is 2. The van der Waals surface area contributed by atoms with E-state index in [1.807, 2.05) is 16.9 Å². The topological polar surface area (TPSA) is 29.9 Å². The van der Waals surface area contributed by atoms with E-state index in [1.165, 1.54) is 12.1 Å². The maximum Gasteiger partial charge on any atom is 0.130 e. The molecule has 0 fully saturated rings. The highest BCUT2D eigenvalue weighted by atomic mass is 19.1. The van der Waals surface area contributed by atoms with E-state index in [0.29, 0.717) is 18.0 Å². The average Bonchev–Trinajstić information content (AvgIpc) is 2.93. The van der Waals surface area contributed by atoms with Crippen LogP contribution < -0.4 is 5.32 Å². The smallest absolute Gasteiger partial charge is 0.130 e. The summed E-state index contributed by atoms with van der Waals surface area (Å²) in [4.78, 5) is 0. The van der Waals surface area contributed by atoms with Gasteiger partial charge in [0.2, 0.25) is 0 Å². The van der Waals surface area contributed by atoms with Crippen molar-refractivity contribution in [3.63, 3.8) is 0 Å². The summed E-state index contributed by atoms with van der Waals surface area (Å²) in [6, 6.07) is 5.73. The Morgan fingerprint density at radius 2 is 2.05 bits per heavy atom. The van der Waals surface area contributed by atoms with Crippen LogP contribution in [0.2, 0.25) is 0 Å². The van der Waals surface area contributed by atoms with Gasteiger partial charge < -0.3 is 5.32 Å². The first-order chi connectivity index (χ1) is 10.0. The zero-order valence-electron chi connectivity index (χ0n) is 12.6. The number of halogens is 2. The molecule has 3 nitrogen and oxygen atoms in total. The monoisotopic (exact) mass is 293 g/mol. The number of benzene rings is 1. The molecule has 0 spiro atoms. The fourth-order valence-electron chi connectivity index (χ4n) is 2.28. The second-order valence-corrected chi connectivity index (χ2v) is 5.26. The molecule has 0 saturated carbocycles. The number of hydrogen-bond donors (Lipinski definition) is 1. The van der Waals surface area contributed by atoms with Crippen molar-refractivity contribution in [1.29, 1.82) is 0 Å². The summed E-state index contributed by atoms with van der Waals surface area (Å²) in [6.07, 6.45) is 3.50. The molecule has 0 aliphatic heterocycles. The second-order valence-electron chi connectivity index (χ2n) is 5.26.